The molecule has 6 heteroatoms. The molecule has 1 fully saturated rings. The van der Waals surface area contributed by atoms with E-state index in [9.17, 15) is 12.8 Å². The summed E-state index contributed by atoms with van der Waals surface area (Å²) in [5, 5.41) is 0. The van der Waals surface area contributed by atoms with Crippen LogP contribution in [0.25, 0.3) is 0 Å². The van der Waals surface area contributed by atoms with E-state index >= 15 is 0 Å². The van der Waals surface area contributed by atoms with Gasteiger partial charge in [-0.1, -0.05) is 26.2 Å². The SMILES string of the molecule is CCN(C1CCCCC1)S(=O)(=O)c1cc(N)ccc1F. The highest BCUT2D eigenvalue weighted by Crippen LogP contribution is 2.29. The fourth-order valence-electron chi connectivity index (χ4n) is 2.84. The van der Waals surface area contributed by atoms with Crippen molar-refractivity contribution in [1.29, 1.82) is 0 Å². The van der Waals surface area contributed by atoms with E-state index in [1.165, 1.54) is 16.4 Å². The Balaban J connectivity index is 2.38. The molecule has 0 bridgehead atoms. The van der Waals surface area contributed by atoms with Gasteiger partial charge in [0.2, 0.25) is 10.0 Å². The summed E-state index contributed by atoms with van der Waals surface area (Å²) in [7, 11) is -3.83. The summed E-state index contributed by atoms with van der Waals surface area (Å²) in [6, 6.07) is 3.65. The van der Waals surface area contributed by atoms with Crippen LogP contribution in [0.15, 0.2) is 23.1 Å². The van der Waals surface area contributed by atoms with Crippen LogP contribution >= 0.6 is 0 Å². The van der Waals surface area contributed by atoms with Gasteiger partial charge in [-0.15, -0.1) is 0 Å². The minimum atomic E-state index is -3.83. The number of hydrogen-bond acceptors (Lipinski definition) is 3. The molecule has 0 heterocycles. The number of halogens is 1. The molecule has 4 nitrogen and oxygen atoms in total. The maximum atomic E-state index is 13.9. The van der Waals surface area contributed by atoms with Gasteiger partial charge in [0.25, 0.3) is 0 Å². The van der Waals surface area contributed by atoms with Crippen LogP contribution < -0.4 is 5.73 Å². The number of rotatable bonds is 4. The Hall–Kier alpha value is -1.14. The van der Waals surface area contributed by atoms with E-state index in [1.807, 2.05) is 0 Å². The molecule has 112 valence electrons. The van der Waals surface area contributed by atoms with Crippen molar-refractivity contribution < 1.29 is 12.8 Å². The lowest BCUT2D eigenvalue weighted by Crippen LogP contribution is -2.41. The van der Waals surface area contributed by atoms with Crippen LogP contribution in [0.5, 0.6) is 0 Å². The molecular weight excluding hydrogens is 279 g/mol. The highest BCUT2D eigenvalue weighted by atomic mass is 32.2. The number of sulfonamides is 1. The molecule has 0 atom stereocenters. The van der Waals surface area contributed by atoms with Crippen LogP contribution in [-0.4, -0.2) is 25.3 Å². The molecule has 1 aliphatic rings. The first-order valence-electron chi connectivity index (χ1n) is 7.03. The highest BCUT2D eigenvalue weighted by molar-refractivity contribution is 7.89. The summed E-state index contributed by atoms with van der Waals surface area (Å²) in [5.74, 6) is -0.742. The Labute approximate surface area is 119 Å². The van der Waals surface area contributed by atoms with E-state index in [0.29, 0.717) is 6.54 Å². The molecule has 0 aromatic heterocycles. The molecular formula is C14H21FN2O2S. The van der Waals surface area contributed by atoms with Crippen LogP contribution in [0, 0.1) is 5.82 Å². The molecule has 1 aromatic rings. The van der Waals surface area contributed by atoms with Crippen molar-refractivity contribution in [3.05, 3.63) is 24.0 Å². The molecule has 20 heavy (non-hydrogen) atoms. The minimum absolute atomic E-state index is 0.0282. The lowest BCUT2D eigenvalue weighted by molar-refractivity contribution is 0.260. The Bertz CT molecular complexity index is 569. The molecule has 1 aliphatic carbocycles. The summed E-state index contributed by atoms with van der Waals surface area (Å²) >= 11 is 0. The monoisotopic (exact) mass is 300 g/mol. The van der Waals surface area contributed by atoms with Crippen molar-refractivity contribution in [2.45, 2.75) is 50.0 Å². The van der Waals surface area contributed by atoms with Crippen molar-refractivity contribution in [3.8, 4) is 0 Å². The first kappa shape index (κ1) is 15.3. The normalized spacial score (nSPS) is 17.6. The van der Waals surface area contributed by atoms with Gasteiger partial charge in [-0.2, -0.15) is 4.31 Å². The third kappa shape index (κ3) is 2.96. The summed E-state index contributed by atoms with van der Waals surface area (Å²) in [5.41, 5.74) is 5.85. The molecule has 0 unspecified atom stereocenters. The van der Waals surface area contributed by atoms with Gasteiger partial charge in [0, 0.05) is 18.3 Å². The fourth-order valence-corrected chi connectivity index (χ4v) is 4.63. The summed E-state index contributed by atoms with van der Waals surface area (Å²) in [6.45, 7) is 2.14. The average Bonchev–Trinajstić information content (AvgIpc) is 2.43. The lowest BCUT2D eigenvalue weighted by atomic mass is 9.95. The van der Waals surface area contributed by atoms with Gasteiger partial charge in [-0.05, 0) is 31.0 Å². The fraction of sp³-hybridized carbons (Fsp3) is 0.571. The van der Waals surface area contributed by atoms with Crippen LogP contribution in [-0.2, 0) is 10.0 Å². The smallest absolute Gasteiger partial charge is 0.246 e. The zero-order chi connectivity index (χ0) is 14.8. The van der Waals surface area contributed by atoms with Gasteiger partial charge in [0.15, 0.2) is 0 Å². The third-order valence-corrected chi connectivity index (χ3v) is 5.88. The average molecular weight is 300 g/mol. The molecule has 2 rings (SSSR count). The van der Waals surface area contributed by atoms with Crippen LogP contribution in [0.3, 0.4) is 0 Å². The Morgan fingerprint density at radius 3 is 2.55 bits per heavy atom. The number of anilines is 1. The maximum Gasteiger partial charge on any atom is 0.246 e. The second-order valence-corrected chi connectivity index (χ2v) is 7.05. The molecule has 0 radical (unpaired) electrons. The van der Waals surface area contributed by atoms with Gasteiger partial charge < -0.3 is 5.73 Å². The highest BCUT2D eigenvalue weighted by Gasteiger charge is 2.32. The van der Waals surface area contributed by atoms with Gasteiger partial charge in [-0.3, -0.25) is 0 Å². The van der Waals surface area contributed by atoms with Crippen molar-refractivity contribution in [3.63, 3.8) is 0 Å². The van der Waals surface area contributed by atoms with Crippen molar-refractivity contribution in [2.24, 2.45) is 0 Å². The van der Waals surface area contributed by atoms with Gasteiger partial charge in [0.05, 0.1) is 0 Å². The Kier molecular flexibility index (Phi) is 4.65. The maximum absolute atomic E-state index is 13.9. The summed E-state index contributed by atoms with van der Waals surface area (Å²) < 4.78 is 40.6. The summed E-state index contributed by atoms with van der Waals surface area (Å²) in [6.07, 6.45) is 4.88. The number of hydrogen-bond donors (Lipinski definition) is 1. The minimum Gasteiger partial charge on any atom is -0.399 e. The van der Waals surface area contributed by atoms with E-state index in [4.69, 9.17) is 5.73 Å². The molecule has 2 N–H and O–H groups in total. The molecule has 0 spiro atoms. The van der Waals surface area contributed by atoms with E-state index in [-0.39, 0.29) is 16.6 Å². The number of nitrogens with two attached hydrogens (primary N) is 1. The molecule has 1 saturated carbocycles. The number of nitrogen functional groups attached to an aromatic ring is 1. The molecule has 0 saturated heterocycles. The number of nitrogens with zero attached hydrogens (tertiary/aromatic N) is 1. The third-order valence-electron chi connectivity index (χ3n) is 3.84. The first-order valence-corrected chi connectivity index (χ1v) is 8.47. The topological polar surface area (TPSA) is 63.4 Å². The largest absolute Gasteiger partial charge is 0.399 e. The van der Waals surface area contributed by atoms with Crippen molar-refractivity contribution >= 4 is 15.7 Å². The quantitative estimate of drug-likeness (QED) is 0.870. The second-order valence-electron chi connectivity index (χ2n) is 5.19. The zero-order valence-electron chi connectivity index (χ0n) is 11.7. The van der Waals surface area contributed by atoms with E-state index in [0.717, 1.165) is 38.2 Å². The molecule has 0 aliphatic heterocycles. The van der Waals surface area contributed by atoms with Gasteiger partial charge >= 0.3 is 0 Å². The standard InChI is InChI=1S/C14H21FN2O2S/c1-2-17(12-6-4-3-5-7-12)20(18,19)14-10-11(16)8-9-13(14)15/h8-10,12H,2-7,16H2,1H3. The van der Waals surface area contributed by atoms with Crippen LogP contribution in [0.2, 0.25) is 0 Å². The predicted molar refractivity (Wildman–Crippen MR) is 77.3 cm³/mol. The molecule has 0 amide bonds. The van der Waals surface area contributed by atoms with Crippen molar-refractivity contribution in [1.82, 2.24) is 4.31 Å². The number of benzene rings is 1. The van der Waals surface area contributed by atoms with Gasteiger partial charge in [-0.25, -0.2) is 12.8 Å². The Morgan fingerprint density at radius 2 is 1.95 bits per heavy atom. The zero-order valence-corrected chi connectivity index (χ0v) is 12.5. The van der Waals surface area contributed by atoms with E-state index < -0.39 is 15.8 Å². The first-order chi connectivity index (χ1) is 9.46. The Morgan fingerprint density at radius 1 is 1.30 bits per heavy atom. The van der Waals surface area contributed by atoms with Gasteiger partial charge in [0.1, 0.15) is 10.7 Å². The van der Waals surface area contributed by atoms with E-state index in [2.05, 4.69) is 0 Å². The molecule has 1 aromatic carbocycles. The summed E-state index contributed by atoms with van der Waals surface area (Å²) in [4.78, 5) is -0.315. The van der Waals surface area contributed by atoms with Crippen molar-refractivity contribution in [2.75, 3.05) is 12.3 Å². The lowest BCUT2D eigenvalue weighted by Gasteiger charge is -2.32. The van der Waals surface area contributed by atoms with E-state index in [1.54, 1.807) is 6.92 Å². The predicted octanol–water partition coefficient (Wildman–Crippen LogP) is 2.75. The van der Waals surface area contributed by atoms with Crippen LogP contribution in [0.4, 0.5) is 10.1 Å². The van der Waals surface area contributed by atoms with Crippen LogP contribution in [0.1, 0.15) is 39.0 Å². The second kappa shape index (κ2) is 6.10.